The largest absolute Gasteiger partial charge is 0.233 e. The SMILES string of the molecule is FC(C#Cc1ccccc1)CCc1ccccc1. The summed E-state index contributed by atoms with van der Waals surface area (Å²) >= 11 is 0. The normalized spacial score (nSPS) is 11.4. The second kappa shape index (κ2) is 6.61. The Kier molecular flexibility index (Phi) is 4.55. The molecule has 0 radical (unpaired) electrons. The van der Waals surface area contributed by atoms with E-state index in [1.54, 1.807) is 0 Å². The maximum atomic E-state index is 13.6. The summed E-state index contributed by atoms with van der Waals surface area (Å²) in [7, 11) is 0. The van der Waals surface area contributed by atoms with Gasteiger partial charge in [0.25, 0.3) is 0 Å². The second-order valence-electron chi connectivity index (χ2n) is 4.13. The molecule has 0 aliphatic heterocycles. The van der Waals surface area contributed by atoms with Crippen LogP contribution < -0.4 is 0 Å². The Morgan fingerprint density at radius 3 is 2.17 bits per heavy atom. The van der Waals surface area contributed by atoms with Crippen LogP contribution in [0.25, 0.3) is 0 Å². The number of aryl methyl sites for hydroxylation is 1. The maximum absolute atomic E-state index is 13.6. The van der Waals surface area contributed by atoms with Gasteiger partial charge in [-0.1, -0.05) is 60.4 Å². The van der Waals surface area contributed by atoms with E-state index in [4.69, 9.17) is 0 Å². The summed E-state index contributed by atoms with van der Waals surface area (Å²) in [5, 5.41) is 0. The van der Waals surface area contributed by atoms with Crippen LogP contribution in [0.5, 0.6) is 0 Å². The third kappa shape index (κ3) is 4.07. The van der Waals surface area contributed by atoms with Crippen molar-refractivity contribution in [1.29, 1.82) is 0 Å². The summed E-state index contributed by atoms with van der Waals surface area (Å²) in [6.45, 7) is 0. The molecule has 0 aliphatic rings. The minimum absolute atomic E-state index is 0.448. The number of rotatable bonds is 3. The molecule has 0 aliphatic carbocycles. The lowest BCUT2D eigenvalue weighted by Gasteiger charge is -2.01. The molecule has 2 aromatic carbocycles. The molecule has 0 heterocycles. The zero-order valence-electron chi connectivity index (χ0n) is 10.1. The Hall–Kier alpha value is -2.07. The fourth-order valence-electron chi connectivity index (χ4n) is 1.69. The molecule has 0 saturated heterocycles. The topological polar surface area (TPSA) is 0 Å². The first-order valence-corrected chi connectivity index (χ1v) is 6.09. The van der Waals surface area contributed by atoms with Crippen molar-refractivity contribution in [2.24, 2.45) is 0 Å². The van der Waals surface area contributed by atoms with E-state index >= 15 is 0 Å². The summed E-state index contributed by atoms with van der Waals surface area (Å²) in [4.78, 5) is 0. The van der Waals surface area contributed by atoms with E-state index in [9.17, 15) is 4.39 Å². The smallest absolute Gasteiger partial charge is 0.161 e. The minimum atomic E-state index is -1.06. The molecule has 90 valence electrons. The van der Waals surface area contributed by atoms with E-state index in [0.717, 1.165) is 17.5 Å². The molecule has 1 unspecified atom stereocenters. The van der Waals surface area contributed by atoms with Gasteiger partial charge in [0, 0.05) is 5.56 Å². The van der Waals surface area contributed by atoms with Crippen LogP contribution in [0.2, 0.25) is 0 Å². The van der Waals surface area contributed by atoms with Crippen LogP contribution in [-0.4, -0.2) is 6.17 Å². The van der Waals surface area contributed by atoms with E-state index < -0.39 is 6.17 Å². The van der Waals surface area contributed by atoms with Gasteiger partial charge < -0.3 is 0 Å². The van der Waals surface area contributed by atoms with Crippen LogP contribution in [0.1, 0.15) is 17.5 Å². The Labute approximate surface area is 107 Å². The summed E-state index contributed by atoms with van der Waals surface area (Å²) in [5.41, 5.74) is 2.02. The van der Waals surface area contributed by atoms with Crippen molar-refractivity contribution in [3.63, 3.8) is 0 Å². The number of alkyl halides is 1. The molecule has 0 bridgehead atoms. The maximum Gasteiger partial charge on any atom is 0.161 e. The highest BCUT2D eigenvalue weighted by atomic mass is 19.1. The third-order valence-corrected chi connectivity index (χ3v) is 2.68. The molecular weight excluding hydrogens is 223 g/mol. The van der Waals surface area contributed by atoms with Gasteiger partial charge in [-0.2, -0.15) is 0 Å². The summed E-state index contributed by atoms with van der Waals surface area (Å²) in [6.07, 6.45) is 0.111. The van der Waals surface area contributed by atoms with Crippen LogP contribution in [-0.2, 0) is 6.42 Å². The summed E-state index contributed by atoms with van der Waals surface area (Å²) < 4.78 is 13.6. The first-order valence-electron chi connectivity index (χ1n) is 6.09. The van der Waals surface area contributed by atoms with Crippen molar-refractivity contribution < 1.29 is 4.39 Å². The molecule has 18 heavy (non-hydrogen) atoms. The Morgan fingerprint density at radius 1 is 0.889 bits per heavy atom. The van der Waals surface area contributed by atoms with Crippen LogP contribution >= 0.6 is 0 Å². The molecule has 0 amide bonds. The number of hydrogen-bond acceptors (Lipinski definition) is 0. The van der Waals surface area contributed by atoms with Gasteiger partial charge in [0.1, 0.15) is 0 Å². The van der Waals surface area contributed by atoms with Gasteiger partial charge in [-0.05, 0) is 30.5 Å². The highest BCUT2D eigenvalue weighted by Crippen LogP contribution is 2.07. The molecule has 1 heteroatoms. The highest BCUT2D eigenvalue weighted by molar-refractivity contribution is 5.34. The summed E-state index contributed by atoms with van der Waals surface area (Å²) in [6, 6.07) is 19.4. The molecule has 0 aromatic heterocycles. The van der Waals surface area contributed by atoms with Gasteiger partial charge in [0.15, 0.2) is 6.17 Å². The average molecular weight is 238 g/mol. The van der Waals surface area contributed by atoms with E-state index in [2.05, 4.69) is 11.8 Å². The standard InChI is InChI=1S/C17H15F/c18-17(13-11-15-7-3-1-4-8-15)14-12-16-9-5-2-6-10-16/h1-10,17H,11,13H2. The van der Waals surface area contributed by atoms with Crippen LogP contribution in [0.4, 0.5) is 4.39 Å². The van der Waals surface area contributed by atoms with E-state index in [1.807, 2.05) is 60.7 Å². The van der Waals surface area contributed by atoms with Crippen molar-refractivity contribution in [2.45, 2.75) is 19.0 Å². The number of halogens is 1. The molecule has 2 rings (SSSR count). The van der Waals surface area contributed by atoms with Crippen molar-refractivity contribution in [2.75, 3.05) is 0 Å². The van der Waals surface area contributed by atoms with Gasteiger partial charge >= 0.3 is 0 Å². The molecular formula is C17H15F. The fourth-order valence-corrected chi connectivity index (χ4v) is 1.69. The van der Waals surface area contributed by atoms with Crippen molar-refractivity contribution in [3.8, 4) is 11.8 Å². The van der Waals surface area contributed by atoms with Gasteiger partial charge in [-0.15, -0.1) is 0 Å². The molecule has 2 aromatic rings. The van der Waals surface area contributed by atoms with Gasteiger partial charge in [0.2, 0.25) is 0 Å². The van der Waals surface area contributed by atoms with Gasteiger partial charge in [0.05, 0.1) is 0 Å². The van der Waals surface area contributed by atoms with E-state index in [0.29, 0.717) is 6.42 Å². The lowest BCUT2D eigenvalue weighted by molar-refractivity contribution is 0.391. The summed E-state index contributed by atoms with van der Waals surface area (Å²) in [5.74, 6) is 5.51. The van der Waals surface area contributed by atoms with E-state index in [-0.39, 0.29) is 0 Å². The lowest BCUT2D eigenvalue weighted by Crippen LogP contribution is -1.98. The van der Waals surface area contributed by atoms with Crippen LogP contribution in [0, 0.1) is 11.8 Å². The van der Waals surface area contributed by atoms with Crippen LogP contribution in [0.15, 0.2) is 60.7 Å². The molecule has 0 fully saturated rings. The zero-order valence-corrected chi connectivity index (χ0v) is 10.1. The Bertz CT molecular complexity index is 520. The minimum Gasteiger partial charge on any atom is -0.233 e. The molecule has 0 spiro atoms. The molecule has 0 saturated carbocycles. The second-order valence-corrected chi connectivity index (χ2v) is 4.13. The fraction of sp³-hybridized carbons (Fsp3) is 0.176. The predicted octanol–water partition coefficient (Wildman–Crippen LogP) is 4.01. The monoisotopic (exact) mass is 238 g/mol. The van der Waals surface area contributed by atoms with Crippen LogP contribution in [0.3, 0.4) is 0 Å². The van der Waals surface area contributed by atoms with Crippen molar-refractivity contribution >= 4 is 0 Å². The Balaban J connectivity index is 1.86. The molecule has 0 N–H and O–H groups in total. The van der Waals surface area contributed by atoms with E-state index in [1.165, 1.54) is 0 Å². The third-order valence-electron chi connectivity index (χ3n) is 2.68. The molecule has 0 nitrogen and oxygen atoms in total. The quantitative estimate of drug-likeness (QED) is 0.709. The van der Waals surface area contributed by atoms with Gasteiger partial charge in [-0.3, -0.25) is 0 Å². The average Bonchev–Trinajstić information content (AvgIpc) is 2.45. The number of hydrogen-bond donors (Lipinski definition) is 0. The highest BCUT2D eigenvalue weighted by Gasteiger charge is 2.02. The van der Waals surface area contributed by atoms with Crippen molar-refractivity contribution in [3.05, 3.63) is 71.8 Å². The molecule has 1 atom stereocenters. The Morgan fingerprint density at radius 2 is 1.50 bits per heavy atom. The predicted molar refractivity (Wildman–Crippen MR) is 73.0 cm³/mol. The van der Waals surface area contributed by atoms with Gasteiger partial charge in [-0.25, -0.2) is 4.39 Å². The lowest BCUT2D eigenvalue weighted by atomic mass is 10.1. The number of benzene rings is 2. The zero-order chi connectivity index (χ0) is 12.6. The first kappa shape index (κ1) is 12.4. The van der Waals surface area contributed by atoms with Crippen molar-refractivity contribution in [1.82, 2.24) is 0 Å². The first-order chi connectivity index (χ1) is 8.84.